The van der Waals surface area contributed by atoms with Crippen molar-refractivity contribution in [3.8, 4) is 5.75 Å². The number of hydrogen-bond donors (Lipinski definition) is 2. The minimum atomic E-state index is -0.0174. The lowest BCUT2D eigenvalue weighted by Gasteiger charge is -2.44. The summed E-state index contributed by atoms with van der Waals surface area (Å²) in [7, 11) is 6.20. The molecule has 29 heavy (non-hydrogen) atoms. The summed E-state index contributed by atoms with van der Waals surface area (Å²) >= 11 is 0. The smallest absolute Gasteiger partial charge is 0.191 e. The van der Waals surface area contributed by atoms with E-state index in [-0.39, 0.29) is 17.2 Å². The SMILES string of the molecule is CN=C(NCC1(N(C)C)CCOCC1)NC1CC2(CCCC2)Oc2ccccc21. The molecule has 3 aliphatic rings. The number of benzene rings is 1. The lowest BCUT2D eigenvalue weighted by Crippen LogP contribution is -2.57. The minimum absolute atomic E-state index is 0.0174. The van der Waals surface area contributed by atoms with Gasteiger partial charge in [-0.05, 0) is 58.7 Å². The summed E-state index contributed by atoms with van der Waals surface area (Å²) in [6, 6.07) is 8.69. The van der Waals surface area contributed by atoms with Gasteiger partial charge >= 0.3 is 0 Å². The number of hydrogen-bond acceptors (Lipinski definition) is 4. The van der Waals surface area contributed by atoms with Gasteiger partial charge in [0.15, 0.2) is 5.96 Å². The number of fused-ring (bicyclic) bond motifs is 1. The van der Waals surface area contributed by atoms with Crippen molar-refractivity contribution in [2.75, 3.05) is 40.9 Å². The number of nitrogens with zero attached hydrogens (tertiary/aromatic N) is 2. The van der Waals surface area contributed by atoms with Crippen LogP contribution in [0, 0.1) is 0 Å². The zero-order chi connectivity index (χ0) is 20.3. The number of para-hydroxylation sites is 1. The molecule has 2 N–H and O–H groups in total. The van der Waals surface area contributed by atoms with Crippen LogP contribution in [-0.4, -0.2) is 62.9 Å². The molecule has 6 nitrogen and oxygen atoms in total. The summed E-state index contributed by atoms with van der Waals surface area (Å²) in [4.78, 5) is 6.89. The van der Waals surface area contributed by atoms with Crippen molar-refractivity contribution < 1.29 is 9.47 Å². The molecular formula is C23H36N4O2. The number of ether oxygens (including phenoxy) is 2. The van der Waals surface area contributed by atoms with Crippen molar-refractivity contribution in [3.05, 3.63) is 29.8 Å². The van der Waals surface area contributed by atoms with Gasteiger partial charge in [0.1, 0.15) is 11.4 Å². The van der Waals surface area contributed by atoms with Crippen LogP contribution in [0.1, 0.15) is 56.6 Å². The van der Waals surface area contributed by atoms with Gasteiger partial charge in [-0.25, -0.2) is 0 Å². The zero-order valence-corrected chi connectivity index (χ0v) is 18.2. The molecule has 2 heterocycles. The molecule has 0 radical (unpaired) electrons. The fourth-order valence-corrected chi connectivity index (χ4v) is 5.21. The molecule has 1 spiro atoms. The molecule has 6 heteroatoms. The first kappa shape index (κ1) is 20.5. The Balaban J connectivity index is 1.47. The Hall–Kier alpha value is -1.79. The molecule has 160 valence electrons. The topological polar surface area (TPSA) is 58.1 Å². The Kier molecular flexibility index (Phi) is 6.02. The van der Waals surface area contributed by atoms with E-state index in [1.807, 2.05) is 7.05 Å². The number of aliphatic imine (C=N–C) groups is 1. The van der Waals surface area contributed by atoms with Crippen molar-refractivity contribution >= 4 is 5.96 Å². The van der Waals surface area contributed by atoms with Crippen LogP contribution in [0.4, 0.5) is 0 Å². The van der Waals surface area contributed by atoms with Gasteiger partial charge in [-0.2, -0.15) is 0 Å². The fourth-order valence-electron chi connectivity index (χ4n) is 5.21. The number of guanidine groups is 1. The number of likely N-dealkylation sites (N-methyl/N-ethyl adjacent to an activating group) is 1. The van der Waals surface area contributed by atoms with E-state index >= 15 is 0 Å². The molecule has 0 amide bonds. The molecule has 1 unspecified atom stereocenters. The lowest BCUT2D eigenvalue weighted by atomic mass is 9.86. The molecule has 2 fully saturated rings. The van der Waals surface area contributed by atoms with E-state index in [2.05, 4.69) is 58.9 Å². The van der Waals surface area contributed by atoms with Gasteiger partial charge in [0.05, 0.1) is 6.04 Å². The van der Waals surface area contributed by atoms with E-state index < -0.39 is 0 Å². The quantitative estimate of drug-likeness (QED) is 0.601. The Morgan fingerprint density at radius 1 is 1.14 bits per heavy atom. The third-order valence-electron chi connectivity index (χ3n) is 7.20. The van der Waals surface area contributed by atoms with Crippen LogP contribution >= 0.6 is 0 Å². The van der Waals surface area contributed by atoms with Crippen LogP contribution in [0.25, 0.3) is 0 Å². The van der Waals surface area contributed by atoms with Crippen molar-refractivity contribution in [3.63, 3.8) is 0 Å². The van der Waals surface area contributed by atoms with Gasteiger partial charge in [-0.15, -0.1) is 0 Å². The summed E-state index contributed by atoms with van der Waals surface area (Å²) in [5, 5.41) is 7.34. The lowest BCUT2D eigenvalue weighted by molar-refractivity contribution is -0.00511. The van der Waals surface area contributed by atoms with Crippen LogP contribution in [-0.2, 0) is 4.74 Å². The molecule has 2 aliphatic heterocycles. The first-order valence-corrected chi connectivity index (χ1v) is 11.1. The summed E-state index contributed by atoms with van der Waals surface area (Å²) in [6.07, 6.45) is 7.88. The highest BCUT2D eigenvalue weighted by atomic mass is 16.5. The largest absolute Gasteiger partial charge is 0.487 e. The van der Waals surface area contributed by atoms with Crippen LogP contribution in [0.3, 0.4) is 0 Å². The molecule has 1 aromatic rings. The Bertz CT molecular complexity index is 721. The van der Waals surface area contributed by atoms with Gasteiger partial charge < -0.3 is 25.0 Å². The van der Waals surface area contributed by atoms with Gasteiger partial charge in [-0.1, -0.05) is 18.2 Å². The van der Waals surface area contributed by atoms with E-state index in [4.69, 9.17) is 9.47 Å². The van der Waals surface area contributed by atoms with E-state index in [0.29, 0.717) is 0 Å². The Labute approximate surface area is 175 Å². The maximum absolute atomic E-state index is 6.51. The second-order valence-corrected chi connectivity index (χ2v) is 9.09. The summed E-state index contributed by atoms with van der Waals surface area (Å²) in [5.41, 5.74) is 1.33. The van der Waals surface area contributed by atoms with E-state index in [1.54, 1.807) is 0 Å². The molecule has 1 saturated heterocycles. The monoisotopic (exact) mass is 400 g/mol. The van der Waals surface area contributed by atoms with Crippen molar-refractivity contribution in [2.24, 2.45) is 4.99 Å². The zero-order valence-electron chi connectivity index (χ0n) is 18.2. The normalized spacial score (nSPS) is 25.5. The third kappa shape index (κ3) is 4.24. The maximum Gasteiger partial charge on any atom is 0.191 e. The molecule has 4 rings (SSSR count). The minimum Gasteiger partial charge on any atom is -0.487 e. The third-order valence-corrected chi connectivity index (χ3v) is 7.20. The highest BCUT2D eigenvalue weighted by molar-refractivity contribution is 5.80. The molecule has 1 aliphatic carbocycles. The average Bonchev–Trinajstić information content (AvgIpc) is 3.18. The van der Waals surface area contributed by atoms with Gasteiger partial charge in [0, 0.05) is 44.3 Å². The molecular weight excluding hydrogens is 364 g/mol. The summed E-state index contributed by atoms with van der Waals surface area (Å²) < 4.78 is 12.1. The van der Waals surface area contributed by atoms with Crippen molar-refractivity contribution in [1.82, 2.24) is 15.5 Å². The maximum atomic E-state index is 6.51. The first-order valence-electron chi connectivity index (χ1n) is 11.1. The number of rotatable bonds is 4. The predicted molar refractivity (Wildman–Crippen MR) is 117 cm³/mol. The predicted octanol–water partition coefficient (Wildman–Crippen LogP) is 3.10. The Morgan fingerprint density at radius 2 is 1.86 bits per heavy atom. The first-order chi connectivity index (χ1) is 14.1. The summed E-state index contributed by atoms with van der Waals surface area (Å²) in [6.45, 7) is 2.50. The van der Waals surface area contributed by atoms with E-state index in [0.717, 1.165) is 63.6 Å². The summed E-state index contributed by atoms with van der Waals surface area (Å²) in [5.74, 6) is 1.90. The van der Waals surface area contributed by atoms with Crippen LogP contribution in [0.5, 0.6) is 5.75 Å². The highest BCUT2D eigenvalue weighted by Crippen LogP contribution is 2.46. The van der Waals surface area contributed by atoms with Crippen LogP contribution in [0.2, 0.25) is 0 Å². The molecule has 1 atom stereocenters. The molecule has 1 saturated carbocycles. The Morgan fingerprint density at radius 3 is 2.55 bits per heavy atom. The van der Waals surface area contributed by atoms with Crippen molar-refractivity contribution in [1.29, 1.82) is 0 Å². The molecule has 0 bridgehead atoms. The van der Waals surface area contributed by atoms with E-state index in [1.165, 1.54) is 18.4 Å². The van der Waals surface area contributed by atoms with E-state index in [9.17, 15) is 0 Å². The van der Waals surface area contributed by atoms with Crippen molar-refractivity contribution in [2.45, 2.75) is 62.1 Å². The second-order valence-electron chi connectivity index (χ2n) is 9.09. The van der Waals surface area contributed by atoms with Gasteiger partial charge in [0.25, 0.3) is 0 Å². The molecule has 1 aromatic carbocycles. The molecule has 0 aromatic heterocycles. The number of nitrogens with one attached hydrogen (secondary N) is 2. The highest BCUT2D eigenvalue weighted by Gasteiger charge is 2.43. The fraction of sp³-hybridized carbons (Fsp3) is 0.696. The second kappa shape index (κ2) is 8.52. The van der Waals surface area contributed by atoms with Crippen LogP contribution in [0.15, 0.2) is 29.3 Å². The van der Waals surface area contributed by atoms with Gasteiger partial charge in [-0.3, -0.25) is 4.99 Å². The van der Waals surface area contributed by atoms with Crippen LogP contribution < -0.4 is 15.4 Å². The average molecular weight is 401 g/mol. The standard InChI is InChI=1S/C23H36N4O2/c1-24-21(25-17-22(27(2)3)12-14-28-15-13-22)26-19-16-23(10-6-7-11-23)29-20-9-5-4-8-18(19)20/h4-5,8-9,19H,6-7,10-17H2,1-3H3,(H2,24,25,26). The van der Waals surface area contributed by atoms with Gasteiger partial charge in [0.2, 0.25) is 0 Å².